The van der Waals surface area contributed by atoms with E-state index in [1.807, 2.05) is 0 Å². The molecule has 1 aromatic carbocycles. The van der Waals surface area contributed by atoms with Crippen LogP contribution < -0.4 is 5.32 Å². The van der Waals surface area contributed by atoms with E-state index in [1.165, 1.54) is 12.8 Å². The van der Waals surface area contributed by atoms with Crippen molar-refractivity contribution >= 4 is 0 Å². The van der Waals surface area contributed by atoms with E-state index in [4.69, 9.17) is 5.26 Å². The summed E-state index contributed by atoms with van der Waals surface area (Å²) in [4.78, 5) is 0. The van der Waals surface area contributed by atoms with Crippen molar-refractivity contribution < 1.29 is 5.11 Å². The molecule has 2 N–H and O–H groups in total. The molecule has 1 aromatic rings. The summed E-state index contributed by atoms with van der Waals surface area (Å²) >= 11 is 0. The van der Waals surface area contributed by atoms with Crippen LogP contribution in [-0.2, 0) is 0 Å². The highest BCUT2D eigenvalue weighted by atomic mass is 16.3. The standard InChI is InChI=1S/C14H20N2O/c1-2-3-4-9-16-11-14(17)13-7-5-12(10-15)6-8-13/h5-8,14,16-17H,2-4,9,11H2,1H3. The van der Waals surface area contributed by atoms with Gasteiger partial charge in [0.2, 0.25) is 0 Å². The number of unbranched alkanes of at least 4 members (excludes halogenated alkanes) is 2. The summed E-state index contributed by atoms with van der Waals surface area (Å²) in [6.45, 7) is 3.68. The second-order valence-corrected chi connectivity index (χ2v) is 4.16. The molecule has 1 rings (SSSR count). The van der Waals surface area contributed by atoms with Gasteiger partial charge in [-0.05, 0) is 30.7 Å². The Hall–Kier alpha value is -1.37. The van der Waals surface area contributed by atoms with E-state index in [-0.39, 0.29) is 0 Å². The van der Waals surface area contributed by atoms with Gasteiger partial charge in [0.25, 0.3) is 0 Å². The third kappa shape index (κ3) is 4.99. The van der Waals surface area contributed by atoms with E-state index in [9.17, 15) is 5.11 Å². The zero-order chi connectivity index (χ0) is 12.5. The molecule has 0 saturated carbocycles. The zero-order valence-corrected chi connectivity index (χ0v) is 10.3. The molecule has 0 amide bonds. The number of benzene rings is 1. The quantitative estimate of drug-likeness (QED) is 0.710. The van der Waals surface area contributed by atoms with Crippen LogP contribution in [0.4, 0.5) is 0 Å². The van der Waals surface area contributed by atoms with E-state index in [0.29, 0.717) is 12.1 Å². The molecule has 3 heteroatoms. The van der Waals surface area contributed by atoms with Gasteiger partial charge in [0, 0.05) is 6.54 Å². The highest BCUT2D eigenvalue weighted by Gasteiger charge is 2.06. The number of hydrogen-bond acceptors (Lipinski definition) is 3. The molecule has 92 valence electrons. The highest BCUT2D eigenvalue weighted by molar-refractivity contribution is 5.32. The Balaban J connectivity index is 2.31. The van der Waals surface area contributed by atoms with Crippen LogP contribution in [0.3, 0.4) is 0 Å². The van der Waals surface area contributed by atoms with Crippen molar-refractivity contribution in [1.29, 1.82) is 5.26 Å². The lowest BCUT2D eigenvalue weighted by molar-refractivity contribution is 0.174. The summed E-state index contributed by atoms with van der Waals surface area (Å²) in [6, 6.07) is 9.13. The van der Waals surface area contributed by atoms with Crippen molar-refractivity contribution in [2.24, 2.45) is 0 Å². The predicted molar refractivity (Wildman–Crippen MR) is 68.5 cm³/mol. The SMILES string of the molecule is CCCCCNCC(O)c1ccc(C#N)cc1. The molecule has 0 aliphatic rings. The van der Waals surface area contributed by atoms with E-state index in [2.05, 4.69) is 18.3 Å². The predicted octanol–water partition coefficient (Wildman–Crippen LogP) is 2.37. The van der Waals surface area contributed by atoms with E-state index in [0.717, 1.165) is 18.5 Å². The van der Waals surface area contributed by atoms with Gasteiger partial charge in [-0.25, -0.2) is 0 Å². The normalized spacial score (nSPS) is 12.1. The van der Waals surface area contributed by atoms with Crippen LogP contribution in [0.15, 0.2) is 24.3 Å². The van der Waals surface area contributed by atoms with Crippen LogP contribution in [-0.4, -0.2) is 18.2 Å². The fourth-order valence-electron chi connectivity index (χ4n) is 1.64. The first-order chi connectivity index (χ1) is 8.27. The molecule has 0 bridgehead atoms. The lowest BCUT2D eigenvalue weighted by atomic mass is 10.1. The molecule has 0 spiro atoms. The number of nitrogens with one attached hydrogen (secondary N) is 1. The minimum Gasteiger partial charge on any atom is -0.387 e. The van der Waals surface area contributed by atoms with Gasteiger partial charge in [0.15, 0.2) is 0 Å². The minimum absolute atomic E-state index is 0.496. The van der Waals surface area contributed by atoms with Crippen molar-refractivity contribution in [3.63, 3.8) is 0 Å². The third-order valence-corrected chi connectivity index (χ3v) is 2.72. The molecule has 0 aliphatic carbocycles. The fourth-order valence-corrected chi connectivity index (χ4v) is 1.64. The van der Waals surface area contributed by atoms with E-state index < -0.39 is 6.10 Å². The maximum atomic E-state index is 9.90. The molecule has 1 unspecified atom stereocenters. The monoisotopic (exact) mass is 232 g/mol. The van der Waals surface area contributed by atoms with Crippen molar-refractivity contribution in [3.05, 3.63) is 35.4 Å². The summed E-state index contributed by atoms with van der Waals surface area (Å²) in [6.07, 6.45) is 3.08. The van der Waals surface area contributed by atoms with Gasteiger partial charge in [0.05, 0.1) is 17.7 Å². The number of rotatable bonds is 7. The van der Waals surface area contributed by atoms with Crippen molar-refractivity contribution in [3.8, 4) is 6.07 Å². The van der Waals surface area contributed by atoms with Gasteiger partial charge in [-0.2, -0.15) is 5.26 Å². The number of hydrogen-bond donors (Lipinski definition) is 2. The Kier molecular flexibility index (Phi) is 6.31. The van der Waals surface area contributed by atoms with Crippen molar-refractivity contribution in [2.75, 3.05) is 13.1 Å². The van der Waals surface area contributed by atoms with E-state index >= 15 is 0 Å². The molecule has 17 heavy (non-hydrogen) atoms. The number of aliphatic hydroxyl groups is 1. The van der Waals surface area contributed by atoms with Gasteiger partial charge in [0.1, 0.15) is 0 Å². The Bertz CT molecular complexity index is 353. The molecule has 0 aromatic heterocycles. The summed E-state index contributed by atoms with van der Waals surface area (Å²) in [7, 11) is 0. The molecule has 0 saturated heterocycles. The topological polar surface area (TPSA) is 56.0 Å². The second-order valence-electron chi connectivity index (χ2n) is 4.16. The zero-order valence-electron chi connectivity index (χ0n) is 10.3. The number of nitriles is 1. The Morgan fingerprint density at radius 2 is 2.00 bits per heavy atom. The Morgan fingerprint density at radius 3 is 2.59 bits per heavy atom. The van der Waals surface area contributed by atoms with Gasteiger partial charge in [-0.15, -0.1) is 0 Å². The second kappa shape index (κ2) is 7.83. The van der Waals surface area contributed by atoms with Crippen LogP contribution in [0.2, 0.25) is 0 Å². The van der Waals surface area contributed by atoms with Crippen LogP contribution in [0.25, 0.3) is 0 Å². The first-order valence-electron chi connectivity index (χ1n) is 6.16. The molecule has 0 fully saturated rings. The lowest BCUT2D eigenvalue weighted by Crippen LogP contribution is -2.22. The maximum Gasteiger partial charge on any atom is 0.0991 e. The number of nitrogens with zero attached hydrogens (tertiary/aromatic N) is 1. The summed E-state index contributed by atoms with van der Waals surface area (Å²) in [5, 5.41) is 21.8. The molecule has 1 atom stereocenters. The molecular weight excluding hydrogens is 212 g/mol. The van der Waals surface area contributed by atoms with Gasteiger partial charge in [-0.1, -0.05) is 31.9 Å². The summed E-state index contributed by atoms with van der Waals surface area (Å²) < 4.78 is 0. The molecule has 0 heterocycles. The average molecular weight is 232 g/mol. The molecule has 0 aliphatic heterocycles. The highest BCUT2D eigenvalue weighted by Crippen LogP contribution is 2.12. The first kappa shape index (κ1) is 13.7. The Morgan fingerprint density at radius 1 is 1.29 bits per heavy atom. The lowest BCUT2D eigenvalue weighted by Gasteiger charge is -2.12. The van der Waals surface area contributed by atoms with E-state index in [1.54, 1.807) is 24.3 Å². The third-order valence-electron chi connectivity index (χ3n) is 2.72. The average Bonchev–Trinajstić information content (AvgIpc) is 2.38. The molecule has 3 nitrogen and oxygen atoms in total. The van der Waals surface area contributed by atoms with Crippen molar-refractivity contribution in [2.45, 2.75) is 32.3 Å². The van der Waals surface area contributed by atoms with Gasteiger partial charge >= 0.3 is 0 Å². The van der Waals surface area contributed by atoms with Gasteiger partial charge in [-0.3, -0.25) is 0 Å². The first-order valence-corrected chi connectivity index (χ1v) is 6.16. The molecule has 0 radical (unpaired) electrons. The largest absolute Gasteiger partial charge is 0.387 e. The molecular formula is C14H20N2O. The summed E-state index contributed by atoms with van der Waals surface area (Å²) in [5.74, 6) is 0. The van der Waals surface area contributed by atoms with Crippen LogP contribution in [0.5, 0.6) is 0 Å². The van der Waals surface area contributed by atoms with Crippen LogP contribution in [0, 0.1) is 11.3 Å². The van der Waals surface area contributed by atoms with Crippen LogP contribution in [0.1, 0.15) is 43.4 Å². The van der Waals surface area contributed by atoms with Crippen LogP contribution >= 0.6 is 0 Å². The van der Waals surface area contributed by atoms with Crippen molar-refractivity contribution in [1.82, 2.24) is 5.32 Å². The minimum atomic E-state index is -0.496. The van der Waals surface area contributed by atoms with Gasteiger partial charge < -0.3 is 10.4 Å². The smallest absolute Gasteiger partial charge is 0.0991 e. The fraction of sp³-hybridized carbons (Fsp3) is 0.500. The summed E-state index contributed by atoms with van der Waals surface area (Å²) in [5.41, 5.74) is 1.48. The number of aliphatic hydroxyl groups excluding tert-OH is 1. The maximum absolute atomic E-state index is 9.90. The Labute approximate surface area is 103 Å².